The normalized spacial score (nSPS) is 18.0. The number of phenolic OH excluding ortho intramolecular Hbond substituents is 1. The molecule has 10 heteroatoms. The van der Waals surface area contributed by atoms with Crippen molar-refractivity contribution in [1.82, 2.24) is 15.5 Å². The molecule has 182 valence electrons. The van der Waals surface area contributed by atoms with Gasteiger partial charge in [0.1, 0.15) is 30.5 Å². The fourth-order valence-electron chi connectivity index (χ4n) is 3.38. The van der Waals surface area contributed by atoms with Crippen LogP contribution in [0, 0.1) is 12.8 Å². The average Bonchev–Trinajstić information content (AvgIpc) is 3.44. The van der Waals surface area contributed by atoms with E-state index in [0.29, 0.717) is 17.5 Å². The Morgan fingerprint density at radius 1 is 1.18 bits per heavy atom. The van der Waals surface area contributed by atoms with Gasteiger partial charge in [-0.2, -0.15) is 0 Å². The summed E-state index contributed by atoms with van der Waals surface area (Å²) >= 11 is 0. The number of alkyl carbamates (subject to hydrolysis) is 1. The van der Waals surface area contributed by atoms with Gasteiger partial charge in [0.25, 0.3) is 0 Å². The molecule has 2 rings (SSSR count). The lowest BCUT2D eigenvalue weighted by Gasteiger charge is -2.32. The second-order valence-corrected chi connectivity index (χ2v) is 9.18. The molecule has 1 aliphatic rings. The maximum absolute atomic E-state index is 13.2. The Morgan fingerprint density at radius 3 is 2.33 bits per heavy atom. The highest BCUT2D eigenvalue weighted by molar-refractivity contribution is 5.92. The van der Waals surface area contributed by atoms with E-state index in [1.807, 2.05) is 6.92 Å². The number of amides is 3. The van der Waals surface area contributed by atoms with Gasteiger partial charge in [0.15, 0.2) is 0 Å². The highest BCUT2D eigenvalue weighted by Gasteiger charge is 2.46. The quantitative estimate of drug-likeness (QED) is 0.500. The van der Waals surface area contributed by atoms with Gasteiger partial charge < -0.3 is 30.1 Å². The Kier molecular flexibility index (Phi) is 8.29. The van der Waals surface area contributed by atoms with Gasteiger partial charge in [-0.3, -0.25) is 14.4 Å². The summed E-state index contributed by atoms with van der Waals surface area (Å²) < 4.78 is 9.77. The van der Waals surface area contributed by atoms with Crippen molar-refractivity contribution in [1.29, 1.82) is 0 Å². The van der Waals surface area contributed by atoms with Gasteiger partial charge in [0.2, 0.25) is 11.8 Å². The first kappa shape index (κ1) is 26.0. The molecular weight excluding hydrogens is 430 g/mol. The lowest BCUT2D eigenvalue weighted by Crippen LogP contribution is -2.49. The molecule has 0 radical (unpaired) electrons. The smallest absolute Gasteiger partial charge is 0.408 e. The predicted octanol–water partition coefficient (Wildman–Crippen LogP) is 1.79. The number of nitrogens with zero attached hydrogens (tertiary/aromatic N) is 1. The summed E-state index contributed by atoms with van der Waals surface area (Å²) in [4.78, 5) is 51.4. The third-order valence-electron chi connectivity index (χ3n) is 5.19. The van der Waals surface area contributed by atoms with Gasteiger partial charge >= 0.3 is 12.1 Å². The molecule has 0 aromatic heterocycles. The fraction of sp³-hybridized carbons (Fsp3) is 0.565. The zero-order valence-corrected chi connectivity index (χ0v) is 19.9. The van der Waals surface area contributed by atoms with Crippen LogP contribution < -0.4 is 10.6 Å². The van der Waals surface area contributed by atoms with Crippen LogP contribution in [0.1, 0.15) is 51.3 Å². The zero-order valence-electron chi connectivity index (χ0n) is 19.9. The Bertz CT molecular complexity index is 910. The summed E-state index contributed by atoms with van der Waals surface area (Å²) in [6.45, 7) is 8.04. The molecule has 3 unspecified atom stereocenters. The number of carbonyl (C=O) groups is 4. The van der Waals surface area contributed by atoms with E-state index in [2.05, 4.69) is 15.4 Å². The molecule has 1 fully saturated rings. The number of ether oxygens (including phenoxy) is 2. The van der Waals surface area contributed by atoms with Crippen molar-refractivity contribution < 1.29 is 33.8 Å². The number of hydrogen-bond acceptors (Lipinski definition) is 7. The molecule has 0 bridgehead atoms. The molecule has 3 atom stereocenters. The topological polar surface area (TPSA) is 134 Å². The van der Waals surface area contributed by atoms with Crippen LogP contribution in [0.2, 0.25) is 0 Å². The standard InChI is InChI=1S/C23H33N3O7/c1-13-10-16(13)26(18(28)11-25-22(31)33-23(3,4)5)20(21(30)24-12-19(29)32-6)15-7-8-17(27)14(2)9-15/h7-9,13,16,20,27H,10-12H2,1-6H3,(H,24,30)(H,25,31). The summed E-state index contributed by atoms with van der Waals surface area (Å²) in [6, 6.07) is 3.33. The van der Waals surface area contributed by atoms with Gasteiger partial charge in [-0.25, -0.2) is 4.79 Å². The molecule has 1 aliphatic carbocycles. The first-order chi connectivity index (χ1) is 15.3. The van der Waals surface area contributed by atoms with E-state index in [9.17, 15) is 24.3 Å². The summed E-state index contributed by atoms with van der Waals surface area (Å²) in [5.74, 6) is -1.47. The van der Waals surface area contributed by atoms with Crippen LogP contribution in [-0.4, -0.2) is 65.7 Å². The molecular formula is C23H33N3O7. The predicted molar refractivity (Wildman–Crippen MR) is 119 cm³/mol. The third-order valence-corrected chi connectivity index (χ3v) is 5.19. The van der Waals surface area contributed by atoms with Crippen LogP contribution in [0.25, 0.3) is 0 Å². The first-order valence-electron chi connectivity index (χ1n) is 10.8. The van der Waals surface area contributed by atoms with Gasteiger partial charge in [-0.05, 0) is 63.3 Å². The van der Waals surface area contributed by atoms with Gasteiger partial charge in [0, 0.05) is 6.04 Å². The van der Waals surface area contributed by atoms with Crippen molar-refractivity contribution >= 4 is 23.9 Å². The number of phenols is 1. The second-order valence-electron chi connectivity index (χ2n) is 9.18. The van der Waals surface area contributed by atoms with E-state index < -0.39 is 35.5 Å². The number of methoxy groups -OCH3 is 1. The maximum Gasteiger partial charge on any atom is 0.408 e. The van der Waals surface area contributed by atoms with Crippen LogP contribution in [0.15, 0.2) is 18.2 Å². The van der Waals surface area contributed by atoms with Crippen molar-refractivity contribution in [3.05, 3.63) is 29.3 Å². The number of hydrogen-bond donors (Lipinski definition) is 3. The van der Waals surface area contributed by atoms with E-state index in [0.717, 1.165) is 0 Å². The maximum atomic E-state index is 13.2. The van der Waals surface area contributed by atoms with Crippen molar-refractivity contribution in [2.45, 2.75) is 58.7 Å². The van der Waals surface area contributed by atoms with Crippen LogP contribution in [-0.2, 0) is 23.9 Å². The zero-order chi connectivity index (χ0) is 24.9. The Balaban J connectivity index is 2.32. The largest absolute Gasteiger partial charge is 0.508 e. The minimum absolute atomic E-state index is 0.0525. The van der Waals surface area contributed by atoms with Gasteiger partial charge in [-0.1, -0.05) is 13.0 Å². The van der Waals surface area contributed by atoms with Crippen molar-refractivity contribution in [2.24, 2.45) is 5.92 Å². The van der Waals surface area contributed by atoms with Gasteiger partial charge in [-0.15, -0.1) is 0 Å². The average molecular weight is 464 g/mol. The van der Waals surface area contributed by atoms with E-state index >= 15 is 0 Å². The minimum atomic E-state index is -1.07. The molecule has 3 N–H and O–H groups in total. The molecule has 33 heavy (non-hydrogen) atoms. The van der Waals surface area contributed by atoms with E-state index in [1.54, 1.807) is 39.8 Å². The second kappa shape index (κ2) is 10.5. The van der Waals surface area contributed by atoms with Gasteiger partial charge in [0.05, 0.1) is 7.11 Å². The highest BCUT2D eigenvalue weighted by Crippen LogP contribution is 2.40. The number of carbonyl (C=O) groups excluding carboxylic acids is 4. The van der Waals surface area contributed by atoms with E-state index in [-0.39, 0.29) is 30.8 Å². The Hall–Kier alpha value is -3.30. The molecule has 10 nitrogen and oxygen atoms in total. The summed E-state index contributed by atoms with van der Waals surface area (Å²) in [7, 11) is 1.21. The van der Waals surface area contributed by atoms with Crippen molar-refractivity contribution in [3.8, 4) is 5.75 Å². The monoisotopic (exact) mass is 463 g/mol. The molecule has 0 aliphatic heterocycles. The van der Waals surface area contributed by atoms with Crippen molar-refractivity contribution in [3.63, 3.8) is 0 Å². The number of benzene rings is 1. The van der Waals surface area contributed by atoms with E-state index in [4.69, 9.17) is 4.74 Å². The summed E-state index contributed by atoms with van der Waals surface area (Å²) in [5, 5.41) is 14.9. The molecule has 3 amide bonds. The molecule has 1 aromatic rings. The number of aryl methyl sites for hydroxylation is 1. The van der Waals surface area contributed by atoms with Crippen LogP contribution in [0.3, 0.4) is 0 Å². The lowest BCUT2D eigenvalue weighted by molar-refractivity contribution is -0.144. The molecule has 1 saturated carbocycles. The Morgan fingerprint density at radius 2 is 1.82 bits per heavy atom. The molecule has 0 heterocycles. The highest BCUT2D eigenvalue weighted by atomic mass is 16.6. The van der Waals surface area contributed by atoms with E-state index in [1.165, 1.54) is 18.1 Å². The number of esters is 1. The van der Waals surface area contributed by atoms with Crippen LogP contribution in [0.5, 0.6) is 5.75 Å². The lowest BCUT2D eigenvalue weighted by atomic mass is 10.0. The number of aromatic hydroxyl groups is 1. The third kappa shape index (κ3) is 7.37. The van der Waals surface area contributed by atoms with Crippen LogP contribution in [0.4, 0.5) is 4.79 Å². The molecule has 1 aromatic carbocycles. The number of nitrogens with one attached hydrogen (secondary N) is 2. The molecule has 0 spiro atoms. The first-order valence-corrected chi connectivity index (χ1v) is 10.8. The Labute approximate surface area is 193 Å². The SMILES string of the molecule is COC(=O)CNC(=O)C(c1ccc(O)c(C)c1)N(C(=O)CNC(=O)OC(C)(C)C)C1CC1C. The number of rotatable bonds is 8. The minimum Gasteiger partial charge on any atom is -0.508 e. The fourth-order valence-corrected chi connectivity index (χ4v) is 3.38. The van der Waals surface area contributed by atoms with Crippen LogP contribution >= 0.6 is 0 Å². The van der Waals surface area contributed by atoms with Crippen molar-refractivity contribution in [2.75, 3.05) is 20.2 Å². The summed E-state index contributed by atoms with van der Waals surface area (Å²) in [5.41, 5.74) is 0.274. The summed E-state index contributed by atoms with van der Waals surface area (Å²) in [6.07, 6.45) is -0.0532. The molecule has 0 saturated heterocycles.